The highest BCUT2D eigenvalue weighted by atomic mass is 35.5. The van der Waals surface area contributed by atoms with E-state index in [4.69, 9.17) is 34.8 Å². The monoisotopic (exact) mass is 344 g/mol. The Kier molecular flexibility index (Phi) is 5.51. The van der Waals surface area contributed by atoms with Gasteiger partial charge >= 0.3 is 0 Å². The van der Waals surface area contributed by atoms with Crippen molar-refractivity contribution < 1.29 is 0 Å². The molecule has 0 amide bonds. The molecule has 2 rings (SSSR count). The first kappa shape index (κ1) is 16.1. The zero-order valence-corrected chi connectivity index (χ0v) is 13.9. The number of rotatable bonds is 5. The minimum Gasteiger partial charge on any atom is -0.370 e. The number of hydrogen-bond acceptors (Lipinski definition) is 4. The van der Waals surface area contributed by atoms with E-state index in [1.54, 1.807) is 12.1 Å². The van der Waals surface area contributed by atoms with Gasteiger partial charge in [-0.2, -0.15) is 0 Å². The maximum atomic E-state index is 6.15. The number of nitrogens with one attached hydrogen (secondary N) is 2. The summed E-state index contributed by atoms with van der Waals surface area (Å²) in [5, 5.41) is 7.68. The van der Waals surface area contributed by atoms with Gasteiger partial charge in [0.15, 0.2) is 0 Å². The molecule has 0 aliphatic rings. The Morgan fingerprint density at radius 2 is 1.62 bits per heavy atom. The summed E-state index contributed by atoms with van der Waals surface area (Å²) in [7, 11) is 0. The molecule has 0 atom stereocenters. The summed E-state index contributed by atoms with van der Waals surface area (Å²) in [5.74, 6) is 2.07. The molecule has 112 valence electrons. The molecule has 1 aromatic heterocycles. The normalized spacial score (nSPS) is 10.5. The molecule has 2 N–H and O–H groups in total. The summed E-state index contributed by atoms with van der Waals surface area (Å²) in [6.07, 6.45) is 1.02. The van der Waals surface area contributed by atoms with Crippen LogP contribution in [0.4, 0.5) is 17.3 Å². The highest BCUT2D eigenvalue weighted by Gasteiger charge is 2.08. The van der Waals surface area contributed by atoms with Gasteiger partial charge in [0, 0.05) is 12.6 Å². The fraction of sp³-hybridized carbons (Fsp3) is 0.286. The number of hydrogen-bond donors (Lipinski definition) is 2. The molecule has 21 heavy (non-hydrogen) atoms. The van der Waals surface area contributed by atoms with Gasteiger partial charge < -0.3 is 10.6 Å². The van der Waals surface area contributed by atoms with E-state index in [-0.39, 0.29) is 0 Å². The van der Waals surface area contributed by atoms with Crippen molar-refractivity contribution in [2.75, 3.05) is 17.2 Å². The van der Waals surface area contributed by atoms with Crippen LogP contribution in [0.2, 0.25) is 15.1 Å². The predicted octanol–water partition coefficient (Wildman–Crippen LogP) is 5.31. The van der Waals surface area contributed by atoms with E-state index in [9.17, 15) is 0 Å². The van der Waals surface area contributed by atoms with Crippen molar-refractivity contribution >= 4 is 52.1 Å². The lowest BCUT2D eigenvalue weighted by Crippen LogP contribution is -2.05. The molecule has 2 aromatic rings. The molecule has 1 aromatic carbocycles. The highest BCUT2D eigenvalue weighted by molar-refractivity contribution is 6.44. The first-order valence-electron chi connectivity index (χ1n) is 6.50. The topological polar surface area (TPSA) is 49.8 Å². The van der Waals surface area contributed by atoms with Crippen LogP contribution in [0.15, 0.2) is 18.2 Å². The molecular formula is C14H15Cl3N4. The largest absolute Gasteiger partial charge is 0.370 e. The first-order valence-corrected chi connectivity index (χ1v) is 7.64. The number of halogens is 3. The first-order chi connectivity index (χ1) is 9.99. The number of aromatic nitrogens is 2. The van der Waals surface area contributed by atoms with E-state index in [0.717, 1.165) is 18.8 Å². The fourth-order valence-corrected chi connectivity index (χ4v) is 2.33. The van der Waals surface area contributed by atoms with E-state index in [1.165, 1.54) is 0 Å². The zero-order valence-electron chi connectivity index (χ0n) is 11.7. The minimum absolute atomic E-state index is 0.413. The summed E-state index contributed by atoms with van der Waals surface area (Å²) in [5.41, 5.74) is 0.644. The lowest BCUT2D eigenvalue weighted by molar-refractivity contribution is 0.955. The van der Waals surface area contributed by atoms with Crippen molar-refractivity contribution in [2.24, 2.45) is 0 Å². The maximum absolute atomic E-state index is 6.15. The minimum atomic E-state index is 0.413. The second-order valence-electron chi connectivity index (χ2n) is 4.48. The predicted molar refractivity (Wildman–Crippen MR) is 90.3 cm³/mol. The Bertz CT molecular complexity index is 646. The van der Waals surface area contributed by atoms with Crippen molar-refractivity contribution in [1.82, 2.24) is 9.97 Å². The van der Waals surface area contributed by atoms with E-state index in [1.807, 2.05) is 13.0 Å². The Morgan fingerprint density at radius 1 is 0.952 bits per heavy atom. The molecule has 1 heterocycles. The van der Waals surface area contributed by atoms with Gasteiger partial charge in [-0.25, -0.2) is 9.97 Å². The second kappa shape index (κ2) is 7.16. The van der Waals surface area contributed by atoms with Gasteiger partial charge in [0.25, 0.3) is 0 Å². The SMILES string of the molecule is CCCNc1cc(Nc2cc(Cl)c(Cl)cc2Cl)nc(C)n1. The Morgan fingerprint density at radius 3 is 2.33 bits per heavy atom. The summed E-state index contributed by atoms with van der Waals surface area (Å²) >= 11 is 18.1. The van der Waals surface area contributed by atoms with Gasteiger partial charge in [0.1, 0.15) is 17.5 Å². The molecule has 0 fully saturated rings. The van der Waals surface area contributed by atoms with Crippen molar-refractivity contribution in [3.8, 4) is 0 Å². The molecular weight excluding hydrogens is 331 g/mol. The third kappa shape index (κ3) is 4.37. The van der Waals surface area contributed by atoms with Gasteiger partial charge in [-0.05, 0) is 25.5 Å². The summed E-state index contributed by atoms with van der Waals surface area (Å²) in [6, 6.07) is 5.09. The molecule has 0 saturated carbocycles. The molecule has 0 aliphatic carbocycles. The fourth-order valence-electron chi connectivity index (χ4n) is 1.73. The van der Waals surface area contributed by atoms with Crippen LogP contribution < -0.4 is 10.6 Å². The molecule has 7 heteroatoms. The Hall–Kier alpha value is -1.23. The lowest BCUT2D eigenvalue weighted by Gasteiger charge is -2.11. The van der Waals surface area contributed by atoms with Gasteiger partial charge in [-0.3, -0.25) is 0 Å². The van der Waals surface area contributed by atoms with Gasteiger partial charge in [-0.1, -0.05) is 41.7 Å². The Labute approximate surface area is 138 Å². The van der Waals surface area contributed by atoms with Gasteiger partial charge in [0.2, 0.25) is 0 Å². The van der Waals surface area contributed by atoms with E-state index < -0.39 is 0 Å². The third-order valence-electron chi connectivity index (χ3n) is 2.67. The Balaban J connectivity index is 2.27. The zero-order chi connectivity index (χ0) is 15.4. The van der Waals surface area contributed by atoms with Crippen molar-refractivity contribution in [1.29, 1.82) is 0 Å². The van der Waals surface area contributed by atoms with Crippen molar-refractivity contribution in [3.05, 3.63) is 39.1 Å². The quantitative estimate of drug-likeness (QED) is 0.721. The third-order valence-corrected chi connectivity index (χ3v) is 3.70. The smallest absolute Gasteiger partial charge is 0.136 e. The number of benzene rings is 1. The average molecular weight is 346 g/mol. The van der Waals surface area contributed by atoms with E-state index in [2.05, 4.69) is 27.5 Å². The molecule has 0 radical (unpaired) electrons. The second-order valence-corrected chi connectivity index (χ2v) is 5.71. The van der Waals surface area contributed by atoms with Crippen LogP contribution in [-0.2, 0) is 0 Å². The van der Waals surface area contributed by atoms with Crippen molar-refractivity contribution in [2.45, 2.75) is 20.3 Å². The lowest BCUT2D eigenvalue weighted by atomic mass is 10.3. The molecule has 0 saturated heterocycles. The van der Waals surface area contributed by atoms with Crippen LogP contribution in [-0.4, -0.2) is 16.5 Å². The number of nitrogens with zero attached hydrogens (tertiary/aromatic N) is 2. The maximum Gasteiger partial charge on any atom is 0.136 e. The summed E-state index contributed by atoms with van der Waals surface area (Å²) in [4.78, 5) is 8.66. The molecule has 0 bridgehead atoms. The van der Waals surface area contributed by atoms with Crippen LogP contribution in [0, 0.1) is 6.92 Å². The van der Waals surface area contributed by atoms with Crippen LogP contribution in [0.5, 0.6) is 0 Å². The van der Waals surface area contributed by atoms with Gasteiger partial charge in [0.05, 0.1) is 20.8 Å². The van der Waals surface area contributed by atoms with Crippen LogP contribution in [0.1, 0.15) is 19.2 Å². The average Bonchev–Trinajstić information content (AvgIpc) is 2.42. The van der Waals surface area contributed by atoms with Crippen LogP contribution in [0.3, 0.4) is 0 Å². The van der Waals surface area contributed by atoms with E-state index in [0.29, 0.717) is 32.4 Å². The van der Waals surface area contributed by atoms with E-state index >= 15 is 0 Å². The number of aryl methyl sites for hydroxylation is 1. The summed E-state index contributed by atoms with van der Waals surface area (Å²) in [6.45, 7) is 4.78. The summed E-state index contributed by atoms with van der Waals surface area (Å²) < 4.78 is 0. The molecule has 4 nitrogen and oxygen atoms in total. The van der Waals surface area contributed by atoms with Gasteiger partial charge in [-0.15, -0.1) is 0 Å². The molecule has 0 spiro atoms. The van der Waals surface area contributed by atoms with Crippen LogP contribution >= 0.6 is 34.8 Å². The van der Waals surface area contributed by atoms with Crippen LogP contribution in [0.25, 0.3) is 0 Å². The van der Waals surface area contributed by atoms with Crippen molar-refractivity contribution in [3.63, 3.8) is 0 Å². The number of anilines is 3. The highest BCUT2D eigenvalue weighted by Crippen LogP contribution is 2.33. The molecule has 0 aliphatic heterocycles. The standard InChI is InChI=1S/C14H15Cl3N4/c1-3-4-18-13-7-14(20-8(2)19-13)21-12-6-10(16)9(15)5-11(12)17/h5-7H,3-4H2,1-2H3,(H2,18,19,20,21). The molecule has 0 unspecified atom stereocenters.